The number of nitrogens with zero attached hydrogens (tertiary/aromatic N) is 2. The van der Waals surface area contributed by atoms with Crippen molar-refractivity contribution in [1.82, 2.24) is 4.90 Å². The van der Waals surface area contributed by atoms with Gasteiger partial charge in [-0.2, -0.15) is 0 Å². The summed E-state index contributed by atoms with van der Waals surface area (Å²) in [6.45, 7) is 7.89. The first-order valence-corrected chi connectivity index (χ1v) is 9.46. The van der Waals surface area contributed by atoms with Crippen molar-refractivity contribution in [2.45, 2.75) is 26.2 Å². The molecule has 2 amide bonds. The number of benzene rings is 2. The molecule has 1 fully saturated rings. The van der Waals surface area contributed by atoms with E-state index in [1.165, 1.54) is 11.0 Å². The van der Waals surface area contributed by atoms with Crippen LogP contribution in [0.1, 0.15) is 26.3 Å². The number of halogens is 1. The Morgan fingerprint density at radius 1 is 0.929 bits per heavy atom. The molecule has 0 aliphatic carbocycles. The van der Waals surface area contributed by atoms with Crippen LogP contribution in [0.2, 0.25) is 0 Å². The molecule has 1 aliphatic rings. The second-order valence-corrected chi connectivity index (χ2v) is 7.98. The number of hydrogen-bond donors (Lipinski definition) is 1. The quantitative estimate of drug-likeness (QED) is 0.809. The van der Waals surface area contributed by atoms with Crippen molar-refractivity contribution in [3.05, 3.63) is 59.9 Å². The fourth-order valence-electron chi connectivity index (χ4n) is 3.42. The Hall–Kier alpha value is -2.89. The van der Waals surface area contributed by atoms with Crippen LogP contribution in [0.25, 0.3) is 0 Å². The molecule has 1 heterocycles. The number of para-hydroxylation sites is 2. The maximum atomic E-state index is 13.9. The molecule has 6 heteroatoms. The Morgan fingerprint density at radius 2 is 1.54 bits per heavy atom. The van der Waals surface area contributed by atoms with Gasteiger partial charge in [-0.05, 0) is 29.2 Å². The average Bonchev–Trinajstić information content (AvgIpc) is 2.67. The molecule has 0 unspecified atom stereocenters. The first-order chi connectivity index (χ1) is 13.3. The summed E-state index contributed by atoms with van der Waals surface area (Å²) < 4.78 is 13.9. The molecule has 0 aromatic heterocycles. The number of rotatable bonds is 2. The summed E-state index contributed by atoms with van der Waals surface area (Å²) in [7, 11) is 0. The molecule has 148 valence electrons. The van der Waals surface area contributed by atoms with Crippen LogP contribution in [0.3, 0.4) is 0 Å². The molecule has 3 rings (SSSR count). The highest BCUT2D eigenvalue weighted by molar-refractivity contribution is 6.39. The molecule has 1 N–H and O–H groups in total. The third kappa shape index (κ3) is 4.32. The summed E-state index contributed by atoms with van der Waals surface area (Å²) in [4.78, 5) is 28.5. The van der Waals surface area contributed by atoms with Gasteiger partial charge in [0.2, 0.25) is 0 Å². The monoisotopic (exact) mass is 383 g/mol. The topological polar surface area (TPSA) is 52.7 Å². The lowest BCUT2D eigenvalue weighted by atomic mass is 9.86. The Balaban J connectivity index is 1.63. The Morgan fingerprint density at radius 3 is 2.18 bits per heavy atom. The van der Waals surface area contributed by atoms with Gasteiger partial charge in [0, 0.05) is 31.9 Å². The van der Waals surface area contributed by atoms with E-state index in [0.717, 1.165) is 5.56 Å². The second kappa shape index (κ2) is 8.00. The van der Waals surface area contributed by atoms with E-state index < -0.39 is 11.8 Å². The molecular formula is C22H26FN3O2. The van der Waals surface area contributed by atoms with Gasteiger partial charge in [-0.25, -0.2) is 4.39 Å². The first-order valence-electron chi connectivity index (χ1n) is 9.46. The standard InChI is InChI=1S/C22H26FN3O2/c1-22(2,3)16-8-4-6-10-18(16)24-20(27)21(28)26-14-12-25(13-15-26)19-11-7-5-9-17(19)23/h4-11H,12-15H2,1-3H3,(H,24,27). The van der Waals surface area contributed by atoms with E-state index in [0.29, 0.717) is 37.6 Å². The molecule has 0 bridgehead atoms. The van der Waals surface area contributed by atoms with E-state index >= 15 is 0 Å². The highest BCUT2D eigenvalue weighted by Crippen LogP contribution is 2.29. The lowest BCUT2D eigenvalue weighted by molar-refractivity contribution is -0.143. The summed E-state index contributed by atoms with van der Waals surface area (Å²) >= 11 is 0. The van der Waals surface area contributed by atoms with Gasteiger partial charge in [0.1, 0.15) is 5.82 Å². The zero-order valence-corrected chi connectivity index (χ0v) is 16.5. The molecular weight excluding hydrogens is 357 g/mol. The van der Waals surface area contributed by atoms with Crippen molar-refractivity contribution >= 4 is 23.2 Å². The summed E-state index contributed by atoms with van der Waals surface area (Å²) in [5.74, 6) is -1.48. The average molecular weight is 383 g/mol. The maximum absolute atomic E-state index is 13.9. The van der Waals surface area contributed by atoms with E-state index in [9.17, 15) is 14.0 Å². The molecule has 1 aliphatic heterocycles. The van der Waals surface area contributed by atoms with Crippen molar-refractivity contribution in [2.75, 3.05) is 36.4 Å². The number of hydrogen-bond acceptors (Lipinski definition) is 3. The third-order valence-corrected chi connectivity index (χ3v) is 4.94. The predicted octanol–water partition coefficient (Wildman–Crippen LogP) is 3.41. The molecule has 0 radical (unpaired) electrons. The van der Waals surface area contributed by atoms with Crippen molar-refractivity contribution in [1.29, 1.82) is 0 Å². The summed E-state index contributed by atoms with van der Waals surface area (Å²) in [5.41, 5.74) is 2.00. The van der Waals surface area contributed by atoms with Gasteiger partial charge in [0.15, 0.2) is 0 Å². The largest absolute Gasteiger partial charge is 0.366 e. The van der Waals surface area contributed by atoms with Crippen LogP contribution >= 0.6 is 0 Å². The van der Waals surface area contributed by atoms with Crippen LogP contribution < -0.4 is 10.2 Å². The van der Waals surface area contributed by atoms with Gasteiger partial charge in [-0.3, -0.25) is 9.59 Å². The smallest absolute Gasteiger partial charge is 0.313 e. The van der Waals surface area contributed by atoms with Crippen LogP contribution in [0.4, 0.5) is 15.8 Å². The fraction of sp³-hybridized carbons (Fsp3) is 0.364. The summed E-state index contributed by atoms with van der Waals surface area (Å²) in [6, 6.07) is 14.1. The molecule has 2 aromatic rings. The van der Waals surface area contributed by atoms with E-state index in [1.54, 1.807) is 18.2 Å². The van der Waals surface area contributed by atoms with E-state index in [4.69, 9.17) is 0 Å². The zero-order chi connectivity index (χ0) is 20.3. The number of carbonyl (C=O) groups is 2. The normalized spacial score (nSPS) is 14.7. The van der Waals surface area contributed by atoms with E-state index in [-0.39, 0.29) is 11.2 Å². The first kappa shape index (κ1) is 19.9. The highest BCUT2D eigenvalue weighted by Gasteiger charge is 2.28. The van der Waals surface area contributed by atoms with Gasteiger partial charge in [0.05, 0.1) is 5.69 Å². The Labute approximate surface area is 165 Å². The number of carbonyl (C=O) groups excluding carboxylic acids is 2. The minimum absolute atomic E-state index is 0.154. The van der Waals surface area contributed by atoms with E-state index in [2.05, 4.69) is 26.1 Å². The number of amides is 2. The zero-order valence-electron chi connectivity index (χ0n) is 16.5. The third-order valence-electron chi connectivity index (χ3n) is 4.94. The molecule has 5 nitrogen and oxygen atoms in total. The summed E-state index contributed by atoms with van der Waals surface area (Å²) in [6.07, 6.45) is 0. The molecule has 1 saturated heterocycles. The molecule has 0 atom stereocenters. The van der Waals surface area contributed by atoms with Crippen LogP contribution in [0, 0.1) is 5.82 Å². The highest BCUT2D eigenvalue weighted by atomic mass is 19.1. The Kier molecular flexibility index (Phi) is 5.68. The number of piperazine rings is 1. The SMILES string of the molecule is CC(C)(C)c1ccccc1NC(=O)C(=O)N1CCN(c2ccccc2F)CC1. The number of nitrogens with one attached hydrogen (secondary N) is 1. The lowest BCUT2D eigenvalue weighted by Crippen LogP contribution is -2.51. The minimum atomic E-state index is -0.643. The maximum Gasteiger partial charge on any atom is 0.313 e. The molecule has 2 aromatic carbocycles. The van der Waals surface area contributed by atoms with Gasteiger partial charge in [0.25, 0.3) is 0 Å². The molecule has 0 spiro atoms. The predicted molar refractivity (Wildman–Crippen MR) is 109 cm³/mol. The van der Waals surface area contributed by atoms with Gasteiger partial charge in [-0.1, -0.05) is 51.1 Å². The van der Waals surface area contributed by atoms with Crippen molar-refractivity contribution in [3.63, 3.8) is 0 Å². The van der Waals surface area contributed by atoms with Gasteiger partial charge in [-0.15, -0.1) is 0 Å². The lowest BCUT2D eigenvalue weighted by Gasteiger charge is -2.35. The van der Waals surface area contributed by atoms with Crippen molar-refractivity contribution < 1.29 is 14.0 Å². The van der Waals surface area contributed by atoms with Crippen LogP contribution in [-0.2, 0) is 15.0 Å². The van der Waals surface area contributed by atoms with Crippen LogP contribution in [0.5, 0.6) is 0 Å². The van der Waals surface area contributed by atoms with Crippen LogP contribution in [0.15, 0.2) is 48.5 Å². The molecule has 28 heavy (non-hydrogen) atoms. The minimum Gasteiger partial charge on any atom is -0.366 e. The molecule has 0 saturated carbocycles. The second-order valence-electron chi connectivity index (χ2n) is 7.98. The summed E-state index contributed by atoms with van der Waals surface area (Å²) in [5, 5.41) is 2.76. The van der Waals surface area contributed by atoms with Gasteiger partial charge >= 0.3 is 11.8 Å². The fourth-order valence-corrected chi connectivity index (χ4v) is 3.42. The van der Waals surface area contributed by atoms with Crippen molar-refractivity contribution in [2.24, 2.45) is 0 Å². The van der Waals surface area contributed by atoms with E-state index in [1.807, 2.05) is 29.2 Å². The van der Waals surface area contributed by atoms with Crippen LogP contribution in [-0.4, -0.2) is 42.9 Å². The number of anilines is 2. The van der Waals surface area contributed by atoms with Gasteiger partial charge < -0.3 is 15.1 Å². The van der Waals surface area contributed by atoms with Crippen molar-refractivity contribution in [3.8, 4) is 0 Å². The Bertz CT molecular complexity index is 868.